The molecule has 0 unspecified atom stereocenters. The average Bonchev–Trinajstić information content (AvgIpc) is 2.16. The van der Waals surface area contributed by atoms with Crippen molar-refractivity contribution in [2.24, 2.45) is 11.8 Å². The molecule has 1 aliphatic rings. The fraction of sp³-hybridized carbons (Fsp3) is 0.625. The summed E-state index contributed by atoms with van der Waals surface area (Å²) in [4.78, 5) is 0. The van der Waals surface area contributed by atoms with Crippen LogP contribution < -0.4 is 0 Å². The zero-order valence-electron chi connectivity index (χ0n) is 11.3. The quantitative estimate of drug-likeness (QED) is 0.525. The topological polar surface area (TPSA) is 0 Å². The molecule has 0 nitrogen and oxygen atoms in total. The molecule has 1 aliphatic carbocycles. The van der Waals surface area contributed by atoms with Gasteiger partial charge in [0.15, 0.2) is 0 Å². The largest absolute Gasteiger partial charge is 0.0998 e. The van der Waals surface area contributed by atoms with Crippen LogP contribution in [-0.2, 0) is 0 Å². The van der Waals surface area contributed by atoms with E-state index in [0.717, 1.165) is 5.92 Å². The standard InChI is InChI=1S/C16H26/c1-12(2)16-10-9-13(3)7-6-8-14(4)11-15(16)5/h8-9,15-16H,1,6-7,10-11H2,2-5H3/b13-9+,14-8-/t15-,16-/m0/s1. The van der Waals surface area contributed by atoms with Crippen molar-refractivity contribution < 1.29 is 0 Å². The summed E-state index contributed by atoms with van der Waals surface area (Å²) >= 11 is 0. The lowest BCUT2D eigenvalue weighted by atomic mass is 9.81. The summed E-state index contributed by atoms with van der Waals surface area (Å²) in [7, 11) is 0. The molecule has 0 aromatic heterocycles. The summed E-state index contributed by atoms with van der Waals surface area (Å²) in [5.74, 6) is 1.37. The summed E-state index contributed by atoms with van der Waals surface area (Å²) in [5, 5.41) is 0. The Balaban J connectivity index is 2.84. The van der Waals surface area contributed by atoms with Gasteiger partial charge in [-0.3, -0.25) is 0 Å². The fourth-order valence-electron chi connectivity index (χ4n) is 2.63. The van der Waals surface area contributed by atoms with E-state index in [2.05, 4.69) is 46.4 Å². The van der Waals surface area contributed by atoms with E-state index in [4.69, 9.17) is 0 Å². The molecule has 2 atom stereocenters. The molecule has 0 bridgehead atoms. The lowest BCUT2D eigenvalue weighted by Gasteiger charge is -2.24. The predicted octanol–water partition coefficient (Wildman–Crippen LogP) is 5.28. The van der Waals surface area contributed by atoms with Crippen LogP contribution in [0.4, 0.5) is 0 Å². The van der Waals surface area contributed by atoms with Crippen LogP contribution in [0.5, 0.6) is 0 Å². The normalized spacial score (nSPS) is 34.5. The second-order valence-corrected chi connectivity index (χ2v) is 5.51. The Bertz CT molecular complexity index is 304. The van der Waals surface area contributed by atoms with Crippen molar-refractivity contribution in [3.8, 4) is 0 Å². The summed E-state index contributed by atoms with van der Waals surface area (Å²) in [6.07, 6.45) is 9.66. The van der Waals surface area contributed by atoms with Gasteiger partial charge in [0, 0.05) is 0 Å². The molecule has 0 N–H and O–H groups in total. The van der Waals surface area contributed by atoms with Crippen molar-refractivity contribution >= 4 is 0 Å². The maximum absolute atomic E-state index is 4.16. The van der Waals surface area contributed by atoms with Gasteiger partial charge >= 0.3 is 0 Å². The molecule has 0 saturated heterocycles. The second-order valence-electron chi connectivity index (χ2n) is 5.51. The van der Waals surface area contributed by atoms with E-state index in [9.17, 15) is 0 Å². The van der Waals surface area contributed by atoms with Crippen LogP contribution in [0.2, 0.25) is 0 Å². The summed E-state index contributed by atoms with van der Waals surface area (Å²) in [5.41, 5.74) is 4.42. The van der Waals surface area contributed by atoms with Crippen molar-refractivity contribution in [2.45, 2.75) is 53.4 Å². The molecular weight excluding hydrogens is 192 g/mol. The van der Waals surface area contributed by atoms with Gasteiger partial charge in [0.1, 0.15) is 0 Å². The first-order valence-corrected chi connectivity index (χ1v) is 6.47. The van der Waals surface area contributed by atoms with E-state index in [-0.39, 0.29) is 0 Å². The highest BCUT2D eigenvalue weighted by atomic mass is 14.2. The van der Waals surface area contributed by atoms with Crippen molar-refractivity contribution in [1.82, 2.24) is 0 Å². The molecule has 0 heteroatoms. The molecule has 0 saturated carbocycles. The van der Waals surface area contributed by atoms with Gasteiger partial charge in [0.2, 0.25) is 0 Å². The van der Waals surface area contributed by atoms with Crippen molar-refractivity contribution in [1.29, 1.82) is 0 Å². The van der Waals surface area contributed by atoms with Gasteiger partial charge in [0.05, 0.1) is 0 Å². The summed E-state index contributed by atoms with van der Waals surface area (Å²) in [6.45, 7) is 13.2. The van der Waals surface area contributed by atoms with Crippen molar-refractivity contribution in [3.05, 3.63) is 35.5 Å². The third kappa shape index (κ3) is 4.00. The Morgan fingerprint density at radius 1 is 1.25 bits per heavy atom. The Morgan fingerprint density at radius 2 is 1.94 bits per heavy atom. The van der Waals surface area contributed by atoms with Crippen LogP contribution in [0.1, 0.15) is 53.4 Å². The van der Waals surface area contributed by atoms with Crippen molar-refractivity contribution in [3.63, 3.8) is 0 Å². The summed E-state index contributed by atoms with van der Waals surface area (Å²) < 4.78 is 0. The van der Waals surface area contributed by atoms with E-state index in [0.29, 0.717) is 5.92 Å². The van der Waals surface area contributed by atoms with Crippen LogP contribution in [0.15, 0.2) is 35.5 Å². The molecule has 0 heterocycles. The number of allylic oxidation sites excluding steroid dienone is 5. The molecule has 0 aromatic carbocycles. The lowest BCUT2D eigenvalue weighted by molar-refractivity contribution is 0.408. The van der Waals surface area contributed by atoms with Crippen LogP contribution >= 0.6 is 0 Å². The molecule has 0 aliphatic heterocycles. The molecule has 0 aromatic rings. The molecule has 16 heavy (non-hydrogen) atoms. The summed E-state index contributed by atoms with van der Waals surface area (Å²) in [6, 6.07) is 0. The maximum atomic E-state index is 4.16. The zero-order chi connectivity index (χ0) is 12.1. The minimum Gasteiger partial charge on any atom is -0.0998 e. The molecule has 90 valence electrons. The van der Waals surface area contributed by atoms with Gasteiger partial charge < -0.3 is 0 Å². The van der Waals surface area contributed by atoms with Crippen LogP contribution in [-0.4, -0.2) is 0 Å². The Hall–Kier alpha value is -0.780. The molecule has 0 spiro atoms. The van der Waals surface area contributed by atoms with Crippen LogP contribution in [0, 0.1) is 11.8 Å². The SMILES string of the molecule is C=C(C)[C@@H]1C/C=C(\C)CC/C=C(/C)C[C@@H]1C. The molecule has 0 fully saturated rings. The lowest BCUT2D eigenvalue weighted by Crippen LogP contribution is -2.13. The van der Waals surface area contributed by atoms with Gasteiger partial charge in [-0.05, 0) is 58.3 Å². The van der Waals surface area contributed by atoms with E-state index in [1.807, 2.05) is 0 Å². The van der Waals surface area contributed by atoms with Crippen LogP contribution in [0.3, 0.4) is 0 Å². The monoisotopic (exact) mass is 218 g/mol. The van der Waals surface area contributed by atoms with E-state index < -0.39 is 0 Å². The Kier molecular flexibility index (Phi) is 5.05. The minimum atomic E-state index is 0.649. The van der Waals surface area contributed by atoms with Crippen LogP contribution in [0.25, 0.3) is 0 Å². The van der Waals surface area contributed by atoms with Crippen molar-refractivity contribution in [2.75, 3.05) is 0 Å². The average molecular weight is 218 g/mol. The van der Waals surface area contributed by atoms with E-state index in [1.165, 1.54) is 36.8 Å². The fourth-order valence-corrected chi connectivity index (χ4v) is 2.63. The van der Waals surface area contributed by atoms with Gasteiger partial charge in [-0.1, -0.05) is 42.4 Å². The third-order valence-electron chi connectivity index (χ3n) is 3.72. The van der Waals surface area contributed by atoms with Gasteiger partial charge in [0.25, 0.3) is 0 Å². The Morgan fingerprint density at radius 3 is 2.56 bits per heavy atom. The first-order chi connectivity index (χ1) is 7.50. The Labute approximate surface area is 101 Å². The number of rotatable bonds is 1. The molecule has 1 rings (SSSR count). The smallest absolute Gasteiger partial charge is 0.0145 e. The highest BCUT2D eigenvalue weighted by Crippen LogP contribution is 2.30. The van der Waals surface area contributed by atoms with Gasteiger partial charge in [-0.15, -0.1) is 0 Å². The minimum absolute atomic E-state index is 0.649. The zero-order valence-corrected chi connectivity index (χ0v) is 11.3. The highest BCUT2D eigenvalue weighted by Gasteiger charge is 2.17. The number of hydrogen-bond donors (Lipinski definition) is 0. The number of hydrogen-bond acceptors (Lipinski definition) is 0. The van der Waals surface area contributed by atoms with Gasteiger partial charge in [-0.25, -0.2) is 0 Å². The highest BCUT2D eigenvalue weighted by molar-refractivity contribution is 5.11. The first kappa shape index (κ1) is 13.3. The van der Waals surface area contributed by atoms with E-state index in [1.54, 1.807) is 5.57 Å². The second kappa shape index (κ2) is 6.08. The molecule has 0 amide bonds. The first-order valence-electron chi connectivity index (χ1n) is 6.47. The third-order valence-corrected chi connectivity index (χ3v) is 3.72. The van der Waals surface area contributed by atoms with E-state index >= 15 is 0 Å². The maximum Gasteiger partial charge on any atom is -0.0145 e. The molecular formula is C16H26. The molecule has 0 radical (unpaired) electrons. The van der Waals surface area contributed by atoms with Gasteiger partial charge in [-0.2, -0.15) is 0 Å². The predicted molar refractivity (Wildman–Crippen MR) is 73.5 cm³/mol.